The summed E-state index contributed by atoms with van der Waals surface area (Å²) in [6.45, 7) is 6.05. The Morgan fingerprint density at radius 2 is 1.00 bits per heavy atom. The molecular weight excluding hydrogens is 917 g/mol. The molecule has 0 amide bonds. The van der Waals surface area contributed by atoms with Gasteiger partial charge < -0.3 is 47.5 Å². The Morgan fingerprint density at radius 1 is 0.629 bits per heavy atom. The first-order valence-corrected chi connectivity index (χ1v) is 22.0. The maximum atomic E-state index is 13.7. The number of methoxy groups -OCH3 is 2. The van der Waals surface area contributed by atoms with E-state index in [4.69, 9.17) is 47.5 Å². The van der Waals surface area contributed by atoms with Gasteiger partial charge in [-0.1, -0.05) is 72.9 Å². The normalized spacial score (nSPS) is 21.2. The molecule has 0 saturated carbocycles. The molecule has 0 spiro atoms. The van der Waals surface area contributed by atoms with E-state index in [0.29, 0.717) is 0 Å². The van der Waals surface area contributed by atoms with Crippen LogP contribution in [0.1, 0.15) is 112 Å². The van der Waals surface area contributed by atoms with Gasteiger partial charge in [0.2, 0.25) is 11.8 Å². The van der Waals surface area contributed by atoms with Crippen LogP contribution >= 0.6 is 0 Å². The van der Waals surface area contributed by atoms with Crippen LogP contribution in [-0.4, -0.2) is 107 Å². The number of carbonyl (C=O) groups is 8. The number of carboxylic acids is 2. The van der Waals surface area contributed by atoms with Crippen molar-refractivity contribution >= 4 is 59.9 Å². The van der Waals surface area contributed by atoms with E-state index in [9.17, 15) is 38.4 Å². The number of carboxylic acid groups (broad SMARTS) is 2. The van der Waals surface area contributed by atoms with E-state index in [1.54, 1.807) is 62.5 Å². The highest BCUT2D eigenvalue weighted by Gasteiger charge is 2.53. The molecule has 0 aliphatic carbocycles. The van der Waals surface area contributed by atoms with Crippen LogP contribution in [0.3, 0.4) is 0 Å². The van der Waals surface area contributed by atoms with Gasteiger partial charge in [-0.2, -0.15) is 0 Å². The summed E-state index contributed by atoms with van der Waals surface area (Å²) >= 11 is 0. The second-order valence-corrected chi connectivity index (χ2v) is 15.7. The number of aliphatic carboxylic acids is 2. The Hall–Kier alpha value is -7.90. The molecule has 1 aliphatic rings. The van der Waals surface area contributed by atoms with Crippen LogP contribution in [-0.2, 0) is 57.2 Å². The highest BCUT2D eigenvalue weighted by atomic mass is 16.6. The minimum atomic E-state index is -1.87. The fourth-order valence-corrected chi connectivity index (χ4v) is 6.76. The Kier molecular flexibility index (Phi) is 22.9. The van der Waals surface area contributed by atoms with E-state index in [-0.39, 0.29) is 74.5 Å². The fraction of sp³-hybridized carbons (Fsp3) is 0.400. The molecule has 4 bridgehead atoms. The third-order valence-electron chi connectivity index (χ3n) is 10.6. The van der Waals surface area contributed by atoms with Crippen LogP contribution in [0.15, 0.2) is 106 Å². The van der Waals surface area contributed by atoms with Gasteiger partial charge >= 0.3 is 47.8 Å². The lowest BCUT2D eigenvalue weighted by Crippen LogP contribution is -2.52. The van der Waals surface area contributed by atoms with Gasteiger partial charge in [-0.05, 0) is 52.7 Å². The summed E-state index contributed by atoms with van der Waals surface area (Å²) in [6.07, 6.45) is 19.6. The zero-order chi connectivity index (χ0) is 51.7. The molecule has 2 N–H and O–H groups in total. The molecule has 3 heterocycles. The molecule has 2 aromatic heterocycles. The van der Waals surface area contributed by atoms with E-state index >= 15 is 0 Å². The van der Waals surface area contributed by atoms with Gasteiger partial charge in [-0.3, -0.25) is 28.8 Å². The van der Waals surface area contributed by atoms with Gasteiger partial charge in [0.15, 0.2) is 11.4 Å². The van der Waals surface area contributed by atoms with E-state index in [1.165, 1.54) is 62.5 Å². The van der Waals surface area contributed by atoms with Crippen molar-refractivity contribution in [3.63, 3.8) is 0 Å². The summed E-state index contributed by atoms with van der Waals surface area (Å²) in [4.78, 5) is 111. The number of carbonyl (C=O) groups excluding carboxylic acids is 6. The Balaban J connectivity index is 2.06. The van der Waals surface area contributed by atoms with Gasteiger partial charge in [0.25, 0.3) is 0 Å². The number of hydrogen-bond donors (Lipinski definition) is 2. The SMILES string of the molecule is C/C=C/C(OC(=O)CCCC(=O)O)C(C)(C(=O)OC)C1C\C=C/C=C/C=C/c2nc(co2)C(=O)OC(C(C)(C(=O)OC)C(/C=C/C)OC(=O)CCCC(=O)O)C/C=C/C=C/C=C/c2nc(co2)C(=O)O1. The lowest BCUT2D eigenvalue weighted by atomic mass is 9.76. The average molecular weight is 975 g/mol. The van der Waals surface area contributed by atoms with Crippen molar-refractivity contribution in [3.05, 3.63) is 121 Å². The smallest absolute Gasteiger partial charge is 0.360 e. The maximum absolute atomic E-state index is 13.7. The average Bonchev–Trinajstić information content (AvgIpc) is 4.01. The van der Waals surface area contributed by atoms with Crippen molar-refractivity contribution in [1.82, 2.24) is 9.97 Å². The molecule has 6 atom stereocenters. The number of hydrogen-bond acceptors (Lipinski definition) is 18. The molecule has 0 radical (unpaired) electrons. The lowest BCUT2D eigenvalue weighted by molar-refractivity contribution is -0.178. The van der Waals surface area contributed by atoms with Crippen LogP contribution in [0.25, 0.3) is 12.2 Å². The largest absolute Gasteiger partial charge is 0.481 e. The van der Waals surface area contributed by atoms with E-state index in [2.05, 4.69) is 9.97 Å². The Bertz CT molecular complexity index is 2230. The predicted octanol–water partition coefficient (Wildman–Crippen LogP) is 7.30. The minimum absolute atomic E-state index is 0.0150. The first kappa shape index (κ1) is 56.4. The Labute approximate surface area is 404 Å². The molecule has 1 aliphatic heterocycles. The topological polar surface area (TPSA) is 284 Å². The second-order valence-electron chi connectivity index (χ2n) is 15.7. The number of oxazole rings is 2. The standard InChI is InChI=1S/C50H58N2O18/c1-7-21-35(67-43(57)29-19-27-41(53)54)49(3,47(61)63-5)37-23-15-11-9-13-17-26-40-52-34(32-66-40)46(60)70-38(24-16-12-10-14-18-25-39-51-33(31-65-39)45(59)69-37)50(4,48(62)64-6)36(22-8-2)68-44(58)30-20-28-42(55)56/h7-18,21-22,25-26,31-32,35-38H,19-20,23-24,27-30H2,1-6H3,(H,53,54)(H,55,56)/b13-9+,14-10+,15-11-,16-12+,21-7+,22-8+,25-18+,26-17+. The van der Waals surface area contributed by atoms with Gasteiger partial charge in [0, 0.05) is 50.7 Å². The van der Waals surface area contributed by atoms with Crippen molar-refractivity contribution in [2.45, 2.75) is 103 Å². The number of aromatic nitrogens is 2. The zero-order valence-corrected chi connectivity index (χ0v) is 39.7. The second kappa shape index (κ2) is 28.4. The molecule has 70 heavy (non-hydrogen) atoms. The molecule has 376 valence electrons. The lowest BCUT2D eigenvalue weighted by Gasteiger charge is -2.38. The molecule has 20 nitrogen and oxygen atoms in total. The highest BCUT2D eigenvalue weighted by molar-refractivity contribution is 5.89. The molecule has 2 aromatic rings. The van der Waals surface area contributed by atoms with Crippen LogP contribution in [0.5, 0.6) is 0 Å². The first-order valence-electron chi connectivity index (χ1n) is 22.0. The maximum Gasteiger partial charge on any atom is 0.360 e. The van der Waals surface area contributed by atoms with Crippen LogP contribution in [0.2, 0.25) is 0 Å². The number of fused-ring (bicyclic) bond motifs is 4. The predicted molar refractivity (Wildman–Crippen MR) is 248 cm³/mol. The van der Waals surface area contributed by atoms with Crippen molar-refractivity contribution < 1.29 is 85.8 Å². The number of esters is 6. The monoisotopic (exact) mass is 974 g/mol. The molecule has 0 saturated heterocycles. The number of rotatable bonds is 18. The van der Waals surface area contributed by atoms with Crippen molar-refractivity contribution in [1.29, 1.82) is 0 Å². The summed E-state index contributed by atoms with van der Waals surface area (Å²) in [5.41, 5.74) is -4.27. The van der Waals surface area contributed by atoms with Gasteiger partial charge in [-0.15, -0.1) is 0 Å². The van der Waals surface area contributed by atoms with Gasteiger partial charge in [0.05, 0.1) is 14.2 Å². The summed E-state index contributed by atoms with van der Waals surface area (Å²) in [5, 5.41) is 18.1. The fourth-order valence-electron chi connectivity index (χ4n) is 6.76. The Morgan fingerprint density at radius 3 is 1.34 bits per heavy atom. The summed E-state index contributed by atoms with van der Waals surface area (Å²) in [6, 6.07) is 0. The number of cyclic esters (lactones) is 2. The van der Waals surface area contributed by atoms with Crippen LogP contribution in [0, 0.1) is 10.8 Å². The molecule has 0 fully saturated rings. The number of ether oxygens (including phenoxy) is 6. The van der Waals surface area contributed by atoms with E-state index in [1.807, 2.05) is 0 Å². The van der Waals surface area contributed by atoms with Crippen LogP contribution < -0.4 is 0 Å². The molecule has 20 heteroatoms. The summed E-state index contributed by atoms with van der Waals surface area (Å²) in [5.74, 6) is -7.61. The molecule has 0 aromatic carbocycles. The quantitative estimate of drug-likeness (QED) is 0.0841. The third kappa shape index (κ3) is 16.7. The minimum Gasteiger partial charge on any atom is -0.481 e. The summed E-state index contributed by atoms with van der Waals surface area (Å²) in [7, 11) is 2.24. The van der Waals surface area contributed by atoms with Crippen molar-refractivity contribution in [3.8, 4) is 0 Å². The van der Waals surface area contributed by atoms with E-state index in [0.717, 1.165) is 26.7 Å². The number of allylic oxidation sites excluding steroid dienone is 10. The molecular formula is C50H58N2O18. The van der Waals surface area contributed by atoms with Gasteiger partial charge in [-0.25, -0.2) is 19.6 Å². The third-order valence-corrected chi connectivity index (χ3v) is 10.6. The molecule has 3 rings (SSSR count). The zero-order valence-electron chi connectivity index (χ0n) is 39.7. The van der Waals surface area contributed by atoms with E-state index < -0.39 is 83.0 Å². The van der Waals surface area contributed by atoms with Gasteiger partial charge in [0.1, 0.15) is 47.8 Å². The van der Waals surface area contributed by atoms with Crippen molar-refractivity contribution in [2.75, 3.05) is 14.2 Å². The first-order chi connectivity index (χ1) is 33.4. The van der Waals surface area contributed by atoms with Crippen LogP contribution in [0.4, 0.5) is 0 Å². The van der Waals surface area contributed by atoms with Crippen molar-refractivity contribution in [2.24, 2.45) is 10.8 Å². The number of nitrogens with zero attached hydrogens (tertiary/aromatic N) is 2. The highest BCUT2D eigenvalue weighted by Crippen LogP contribution is 2.38. The summed E-state index contributed by atoms with van der Waals surface area (Å²) < 4.78 is 44.6. The molecule has 6 unspecified atom stereocenters.